The van der Waals surface area contributed by atoms with Crippen LogP contribution in [0.2, 0.25) is 0 Å². The Kier molecular flexibility index (Phi) is 4.13. The minimum atomic E-state index is -3.97. The van der Waals surface area contributed by atoms with Crippen molar-refractivity contribution in [2.75, 3.05) is 0 Å². The zero-order valence-electron chi connectivity index (χ0n) is 11.4. The lowest BCUT2D eigenvalue weighted by Gasteiger charge is -2.26. The van der Waals surface area contributed by atoms with Crippen LogP contribution in [0.5, 0.6) is 0 Å². The van der Waals surface area contributed by atoms with Gasteiger partial charge in [-0.25, -0.2) is 18.2 Å². The number of nitrogens with zero attached hydrogens (tertiary/aromatic N) is 1. The van der Waals surface area contributed by atoms with Gasteiger partial charge in [-0.05, 0) is 19.4 Å². The highest BCUT2D eigenvalue weighted by atomic mass is 32.2. The molecule has 0 aliphatic rings. The van der Waals surface area contributed by atoms with Crippen LogP contribution in [0, 0.1) is 6.92 Å². The summed E-state index contributed by atoms with van der Waals surface area (Å²) >= 11 is 0.988. The molecule has 1 unspecified atom stereocenters. The average Bonchev–Trinajstić information content (AvgIpc) is 2.86. The molecule has 0 saturated carbocycles. The van der Waals surface area contributed by atoms with Crippen molar-refractivity contribution in [2.45, 2.75) is 23.6 Å². The van der Waals surface area contributed by atoms with E-state index in [2.05, 4.69) is 9.71 Å². The summed E-state index contributed by atoms with van der Waals surface area (Å²) in [5, 5.41) is 10.1. The first-order valence-corrected chi connectivity index (χ1v) is 8.31. The summed E-state index contributed by atoms with van der Waals surface area (Å²) in [7, 11) is -3.97. The minimum absolute atomic E-state index is 0.0107. The van der Waals surface area contributed by atoms with Crippen LogP contribution >= 0.6 is 11.3 Å². The van der Waals surface area contributed by atoms with Crippen LogP contribution in [-0.4, -0.2) is 24.5 Å². The van der Waals surface area contributed by atoms with Crippen molar-refractivity contribution in [3.05, 3.63) is 47.1 Å². The Bertz CT molecular complexity index is 755. The van der Waals surface area contributed by atoms with Gasteiger partial charge in [-0.2, -0.15) is 4.72 Å². The van der Waals surface area contributed by atoms with Gasteiger partial charge in [0.05, 0.1) is 11.2 Å². The summed E-state index contributed by atoms with van der Waals surface area (Å²) in [5.74, 6) is -1.28. The number of aromatic nitrogens is 1. The molecule has 1 aromatic carbocycles. The largest absolute Gasteiger partial charge is 0.480 e. The third-order valence-electron chi connectivity index (χ3n) is 2.98. The predicted octanol–water partition coefficient (Wildman–Crippen LogP) is 1.73. The van der Waals surface area contributed by atoms with E-state index in [4.69, 9.17) is 0 Å². The number of carboxylic acids is 1. The molecule has 112 valence electrons. The fraction of sp³-hybridized carbons (Fsp3) is 0.231. The van der Waals surface area contributed by atoms with Crippen LogP contribution in [0.15, 0.2) is 40.7 Å². The molecule has 0 spiro atoms. The van der Waals surface area contributed by atoms with Crippen molar-refractivity contribution in [1.29, 1.82) is 0 Å². The molecular formula is C13H14N2O4S2. The Morgan fingerprint density at radius 2 is 1.95 bits per heavy atom. The SMILES string of the molecule is Cc1ncc(S(=O)(=O)NC(C)(C(=O)O)c2ccccc2)s1. The summed E-state index contributed by atoms with van der Waals surface area (Å²) in [6, 6.07) is 8.17. The second kappa shape index (κ2) is 5.55. The van der Waals surface area contributed by atoms with Gasteiger partial charge in [-0.15, -0.1) is 11.3 Å². The van der Waals surface area contributed by atoms with Crippen LogP contribution in [0.1, 0.15) is 17.5 Å². The second-order valence-corrected chi connectivity index (χ2v) is 7.74. The molecule has 0 aliphatic heterocycles. The normalized spacial score (nSPS) is 14.6. The van der Waals surface area contributed by atoms with E-state index >= 15 is 0 Å². The summed E-state index contributed by atoms with van der Waals surface area (Å²) in [5.41, 5.74) is -1.40. The fourth-order valence-corrected chi connectivity index (χ4v) is 4.24. The third kappa shape index (κ3) is 3.12. The first-order valence-electron chi connectivity index (χ1n) is 6.01. The van der Waals surface area contributed by atoms with Crippen LogP contribution in [0.25, 0.3) is 0 Å². The molecule has 2 rings (SSSR count). The minimum Gasteiger partial charge on any atom is -0.480 e. The van der Waals surface area contributed by atoms with Crippen molar-refractivity contribution < 1.29 is 18.3 Å². The number of benzene rings is 1. The lowest BCUT2D eigenvalue weighted by atomic mass is 9.94. The molecule has 8 heteroatoms. The van der Waals surface area contributed by atoms with Gasteiger partial charge in [-0.3, -0.25) is 0 Å². The summed E-state index contributed by atoms with van der Waals surface area (Å²) < 4.78 is 26.9. The van der Waals surface area contributed by atoms with E-state index in [1.165, 1.54) is 13.1 Å². The van der Waals surface area contributed by atoms with E-state index in [1.54, 1.807) is 37.3 Å². The van der Waals surface area contributed by atoms with E-state index in [0.717, 1.165) is 11.3 Å². The molecule has 6 nitrogen and oxygen atoms in total. The van der Waals surface area contributed by atoms with Crippen molar-refractivity contribution >= 4 is 27.3 Å². The molecule has 2 aromatic rings. The van der Waals surface area contributed by atoms with Crippen LogP contribution in [-0.2, 0) is 20.4 Å². The number of hydrogen-bond donors (Lipinski definition) is 2. The molecule has 2 N–H and O–H groups in total. The lowest BCUT2D eigenvalue weighted by molar-refractivity contribution is -0.143. The van der Waals surface area contributed by atoms with E-state index in [-0.39, 0.29) is 4.21 Å². The van der Waals surface area contributed by atoms with E-state index in [1.807, 2.05) is 0 Å². The molecule has 0 radical (unpaired) electrons. The predicted molar refractivity (Wildman–Crippen MR) is 78.6 cm³/mol. The van der Waals surface area contributed by atoms with Crippen molar-refractivity contribution in [2.24, 2.45) is 0 Å². The van der Waals surface area contributed by atoms with Gasteiger partial charge >= 0.3 is 5.97 Å². The fourth-order valence-electron chi connectivity index (χ4n) is 1.78. The average molecular weight is 326 g/mol. The topological polar surface area (TPSA) is 96.4 Å². The Labute approximate surface area is 126 Å². The van der Waals surface area contributed by atoms with E-state index in [0.29, 0.717) is 10.6 Å². The Hall–Kier alpha value is -1.77. The molecule has 0 bridgehead atoms. The van der Waals surface area contributed by atoms with Crippen LogP contribution in [0.4, 0.5) is 0 Å². The van der Waals surface area contributed by atoms with E-state index in [9.17, 15) is 18.3 Å². The van der Waals surface area contributed by atoms with Gasteiger partial charge in [-0.1, -0.05) is 30.3 Å². The van der Waals surface area contributed by atoms with E-state index < -0.39 is 21.5 Å². The number of hydrogen-bond acceptors (Lipinski definition) is 5. The molecule has 0 amide bonds. The van der Waals surface area contributed by atoms with Gasteiger partial charge in [0.1, 0.15) is 0 Å². The summed E-state index contributed by atoms with van der Waals surface area (Å²) in [6.07, 6.45) is 1.22. The highest BCUT2D eigenvalue weighted by molar-refractivity contribution is 7.91. The van der Waals surface area contributed by atoms with Crippen molar-refractivity contribution in [1.82, 2.24) is 9.71 Å². The number of nitrogens with one attached hydrogen (secondary N) is 1. The zero-order chi connectivity index (χ0) is 15.7. The number of aliphatic carboxylic acids is 1. The Morgan fingerprint density at radius 1 is 1.33 bits per heavy atom. The zero-order valence-corrected chi connectivity index (χ0v) is 13.0. The Morgan fingerprint density at radius 3 is 2.43 bits per heavy atom. The van der Waals surface area contributed by atoms with Crippen LogP contribution < -0.4 is 4.72 Å². The smallest absolute Gasteiger partial charge is 0.329 e. The first-order chi connectivity index (χ1) is 9.75. The van der Waals surface area contributed by atoms with Gasteiger partial charge in [0.25, 0.3) is 10.0 Å². The second-order valence-electron chi connectivity index (χ2n) is 4.60. The quantitative estimate of drug-likeness (QED) is 0.872. The standard InChI is InChI=1S/C13H14N2O4S2/c1-9-14-8-11(20-9)21(18,19)15-13(2,12(16)17)10-6-4-3-5-7-10/h3-8,15H,1-2H3,(H,16,17). The van der Waals surface area contributed by atoms with Crippen LogP contribution in [0.3, 0.4) is 0 Å². The maximum Gasteiger partial charge on any atom is 0.329 e. The molecular weight excluding hydrogens is 312 g/mol. The van der Waals surface area contributed by atoms with Gasteiger partial charge in [0, 0.05) is 0 Å². The Balaban J connectivity index is 2.44. The maximum atomic E-state index is 12.3. The number of thiazole rings is 1. The summed E-state index contributed by atoms with van der Waals surface area (Å²) in [4.78, 5) is 15.5. The van der Waals surface area contributed by atoms with Gasteiger partial charge in [0.2, 0.25) is 0 Å². The maximum absolute atomic E-state index is 12.3. The molecule has 0 saturated heterocycles. The number of rotatable bonds is 5. The van der Waals surface area contributed by atoms with Crippen molar-refractivity contribution in [3.8, 4) is 0 Å². The number of sulfonamides is 1. The summed E-state index contributed by atoms with van der Waals surface area (Å²) in [6.45, 7) is 2.99. The first kappa shape index (κ1) is 15.6. The third-order valence-corrected chi connectivity index (χ3v) is 5.91. The van der Waals surface area contributed by atoms with Crippen molar-refractivity contribution in [3.63, 3.8) is 0 Å². The molecule has 1 heterocycles. The monoisotopic (exact) mass is 326 g/mol. The highest BCUT2D eigenvalue weighted by Gasteiger charge is 2.40. The highest BCUT2D eigenvalue weighted by Crippen LogP contribution is 2.26. The lowest BCUT2D eigenvalue weighted by Crippen LogP contribution is -2.49. The molecule has 1 atom stereocenters. The number of carbonyl (C=O) groups is 1. The van der Waals surface area contributed by atoms with Gasteiger partial charge < -0.3 is 5.11 Å². The molecule has 1 aromatic heterocycles. The molecule has 21 heavy (non-hydrogen) atoms. The van der Waals surface area contributed by atoms with Gasteiger partial charge in [0.15, 0.2) is 9.75 Å². The molecule has 0 aliphatic carbocycles. The number of carboxylic acid groups (broad SMARTS) is 1. The number of aryl methyl sites for hydroxylation is 1. The molecule has 0 fully saturated rings.